The van der Waals surface area contributed by atoms with Crippen molar-refractivity contribution in [2.75, 3.05) is 6.61 Å². The number of aromatic nitrogens is 2. The molecule has 0 unspecified atom stereocenters. The fourth-order valence-electron chi connectivity index (χ4n) is 4.34. The number of fused-ring (bicyclic) bond motifs is 1. The molecule has 194 valence electrons. The highest BCUT2D eigenvalue weighted by Crippen LogP contribution is 2.32. The van der Waals surface area contributed by atoms with E-state index >= 15 is 0 Å². The molecule has 0 bridgehead atoms. The third-order valence-electron chi connectivity index (χ3n) is 6.02. The second kappa shape index (κ2) is 12.1. The summed E-state index contributed by atoms with van der Waals surface area (Å²) in [5.74, 6) is -0.161. The van der Waals surface area contributed by atoms with Crippen molar-refractivity contribution in [2.24, 2.45) is 13.0 Å². The number of carbonyl (C=O) groups is 2. The van der Waals surface area contributed by atoms with E-state index in [1.807, 2.05) is 49.5 Å². The van der Waals surface area contributed by atoms with Crippen LogP contribution in [0.15, 0.2) is 60.8 Å². The lowest BCUT2D eigenvalue weighted by atomic mass is 10.0. The van der Waals surface area contributed by atoms with Gasteiger partial charge in [0.15, 0.2) is 5.69 Å². The van der Waals surface area contributed by atoms with Gasteiger partial charge >= 0.3 is 12.1 Å². The Hall–Kier alpha value is -3.65. The number of esters is 1. The van der Waals surface area contributed by atoms with Crippen LogP contribution in [0.3, 0.4) is 0 Å². The Morgan fingerprint density at radius 2 is 1.78 bits per heavy atom. The highest BCUT2D eigenvalue weighted by Gasteiger charge is 2.26. The molecular weight excluding hydrogens is 486 g/mol. The van der Waals surface area contributed by atoms with Gasteiger partial charge in [-0.15, -0.1) is 11.3 Å². The fourth-order valence-corrected chi connectivity index (χ4v) is 5.48. The van der Waals surface area contributed by atoms with Crippen molar-refractivity contribution in [1.29, 1.82) is 0 Å². The van der Waals surface area contributed by atoms with Crippen molar-refractivity contribution in [3.63, 3.8) is 0 Å². The Balaban J connectivity index is 1.61. The van der Waals surface area contributed by atoms with E-state index in [4.69, 9.17) is 14.5 Å². The van der Waals surface area contributed by atoms with Gasteiger partial charge in [-0.1, -0.05) is 62.4 Å². The van der Waals surface area contributed by atoms with Crippen molar-refractivity contribution >= 4 is 34.3 Å². The van der Waals surface area contributed by atoms with E-state index in [0.29, 0.717) is 23.5 Å². The molecule has 8 heteroatoms. The lowest BCUT2D eigenvalue weighted by Gasteiger charge is -2.18. The van der Waals surface area contributed by atoms with Gasteiger partial charge in [-0.05, 0) is 36.5 Å². The molecule has 7 nitrogen and oxygen atoms in total. The maximum absolute atomic E-state index is 12.9. The van der Waals surface area contributed by atoms with E-state index in [9.17, 15) is 9.59 Å². The number of hydrogen-bond acceptors (Lipinski definition) is 6. The van der Waals surface area contributed by atoms with Gasteiger partial charge in [0.1, 0.15) is 11.6 Å². The highest BCUT2D eigenvalue weighted by atomic mass is 32.1. The molecule has 2 heterocycles. The third-order valence-corrected chi connectivity index (χ3v) is 7.19. The first kappa shape index (κ1) is 26.4. The minimum atomic E-state index is -0.516. The number of carbonyl (C=O) groups excluding carboxylic acids is 2. The molecule has 1 amide bonds. The molecule has 2 aromatic heterocycles. The SMILES string of the molecule is CCOC(=O)c1nc([C@H](CC(C)C)NC(=O)OCc2ccccc2)sc1Cc1cn(C)c2ccccc12. The Labute approximate surface area is 221 Å². The predicted molar refractivity (Wildman–Crippen MR) is 146 cm³/mol. The van der Waals surface area contributed by atoms with Gasteiger partial charge in [-0.2, -0.15) is 0 Å². The second-order valence-electron chi connectivity index (χ2n) is 9.39. The van der Waals surface area contributed by atoms with Gasteiger partial charge in [-0.25, -0.2) is 14.6 Å². The number of hydrogen-bond donors (Lipinski definition) is 1. The number of benzene rings is 2. The molecule has 0 saturated carbocycles. The number of alkyl carbamates (subject to hydrolysis) is 1. The minimum absolute atomic E-state index is 0.180. The van der Waals surface area contributed by atoms with Crippen LogP contribution in [-0.4, -0.2) is 28.2 Å². The zero-order valence-electron chi connectivity index (χ0n) is 21.7. The summed E-state index contributed by atoms with van der Waals surface area (Å²) in [5, 5.41) is 4.78. The van der Waals surface area contributed by atoms with Crippen molar-refractivity contribution in [3.8, 4) is 0 Å². The quantitative estimate of drug-likeness (QED) is 0.245. The topological polar surface area (TPSA) is 82.4 Å². The molecule has 0 aliphatic heterocycles. The molecule has 0 fully saturated rings. The monoisotopic (exact) mass is 519 g/mol. The molecule has 0 radical (unpaired) electrons. The number of aryl methyl sites for hydroxylation is 1. The molecule has 1 atom stereocenters. The summed E-state index contributed by atoms with van der Waals surface area (Å²) in [7, 11) is 2.01. The van der Waals surface area contributed by atoms with Crippen LogP contribution in [0.25, 0.3) is 10.9 Å². The summed E-state index contributed by atoms with van der Waals surface area (Å²) in [6.07, 6.45) is 2.77. The van der Waals surface area contributed by atoms with Crippen LogP contribution in [-0.2, 0) is 29.5 Å². The minimum Gasteiger partial charge on any atom is -0.461 e. The number of nitrogens with zero attached hydrogens (tertiary/aromatic N) is 2. The zero-order chi connectivity index (χ0) is 26.4. The molecule has 0 saturated heterocycles. The standard InChI is InChI=1S/C29H33N3O4S/c1-5-35-28(33)26-25(16-21-17-32(4)24-14-10-9-13-22(21)24)37-27(31-26)23(15-19(2)3)30-29(34)36-18-20-11-7-6-8-12-20/h6-14,17,19,23H,5,15-16,18H2,1-4H3,(H,30,34)/t23-/m0/s1. The van der Waals surface area contributed by atoms with Crippen LogP contribution >= 0.6 is 11.3 Å². The van der Waals surface area contributed by atoms with Crippen LogP contribution in [0.2, 0.25) is 0 Å². The van der Waals surface area contributed by atoms with E-state index in [1.54, 1.807) is 6.92 Å². The van der Waals surface area contributed by atoms with E-state index < -0.39 is 12.1 Å². The smallest absolute Gasteiger partial charge is 0.408 e. The number of thiazole rings is 1. The van der Waals surface area contributed by atoms with E-state index in [0.717, 1.165) is 26.9 Å². The normalized spacial score (nSPS) is 12.0. The summed E-state index contributed by atoms with van der Waals surface area (Å²) in [4.78, 5) is 31.1. The van der Waals surface area contributed by atoms with Gasteiger partial charge in [-0.3, -0.25) is 0 Å². The van der Waals surface area contributed by atoms with Crippen LogP contribution in [0.1, 0.15) is 64.7 Å². The number of rotatable bonds is 10. The van der Waals surface area contributed by atoms with Crippen molar-refractivity contribution in [2.45, 2.75) is 46.3 Å². The molecule has 2 aromatic carbocycles. The first-order valence-corrected chi connectivity index (χ1v) is 13.3. The Morgan fingerprint density at radius 3 is 2.51 bits per heavy atom. The first-order valence-electron chi connectivity index (χ1n) is 12.5. The van der Waals surface area contributed by atoms with E-state index in [1.165, 1.54) is 11.3 Å². The molecule has 4 rings (SSSR count). The Morgan fingerprint density at radius 1 is 1.05 bits per heavy atom. The Kier molecular flexibility index (Phi) is 8.61. The summed E-state index contributed by atoms with van der Waals surface area (Å²) in [6.45, 7) is 6.39. The van der Waals surface area contributed by atoms with Crippen LogP contribution < -0.4 is 5.32 Å². The second-order valence-corrected chi connectivity index (χ2v) is 10.5. The number of amides is 1. The summed E-state index contributed by atoms with van der Waals surface area (Å²) < 4.78 is 12.9. The molecule has 0 spiro atoms. The third kappa shape index (κ3) is 6.57. The maximum Gasteiger partial charge on any atom is 0.408 e. The first-order chi connectivity index (χ1) is 17.9. The molecular formula is C29H33N3O4S. The molecule has 0 aliphatic carbocycles. The molecule has 0 aliphatic rings. The van der Waals surface area contributed by atoms with E-state index in [2.05, 4.69) is 42.1 Å². The van der Waals surface area contributed by atoms with Crippen molar-refractivity contribution < 1.29 is 19.1 Å². The van der Waals surface area contributed by atoms with Gasteiger partial charge in [0, 0.05) is 35.4 Å². The van der Waals surface area contributed by atoms with Gasteiger partial charge in [0.25, 0.3) is 0 Å². The largest absolute Gasteiger partial charge is 0.461 e. The van der Waals surface area contributed by atoms with Crippen LogP contribution in [0.4, 0.5) is 4.79 Å². The summed E-state index contributed by atoms with van der Waals surface area (Å²) in [6, 6.07) is 17.3. The highest BCUT2D eigenvalue weighted by molar-refractivity contribution is 7.12. The zero-order valence-corrected chi connectivity index (χ0v) is 22.5. The summed E-state index contributed by atoms with van der Waals surface area (Å²) >= 11 is 1.44. The van der Waals surface area contributed by atoms with Gasteiger partial charge in [0.05, 0.1) is 12.6 Å². The average Bonchev–Trinajstić information content (AvgIpc) is 3.44. The predicted octanol–water partition coefficient (Wildman–Crippen LogP) is 6.42. The molecule has 37 heavy (non-hydrogen) atoms. The molecule has 1 N–H and O–H groups in total. The lowest BCUT2D eigenvalue weighted by Crippen LogP contribution is -2.30. The van der Waals surface area contributed by atoms with Crippen LogP contribution in [0.5, 0.6) is 0 Å². The van der Waals surface area contributed by atoms with Crippen LogP contribution in [0, 0.1) is 5.92 Å². The summed E-state index contributed by atoms with van der Waals surface area (Å²) in [5.41, 5.74) is 3.45. The maximum atomic E-state index is 12.9. The van der Waals surface area contributed by atoms with Gasteiger partial charge < -0.3 is 19.4 Å². The average molecular weight is 520 g/mol. The Bertz CT molecular complexity index is 1360. The lowest BCUT2D eigenvalue weighted by molar-refractivity contribution is 0.0519. The van der Waals surface area contributed by atoms with Crippen molar-refractivity contribution in [1.82, 2.24) is 14.9 Å². The fraction of sp³-hybridized carbons (Fsp3) is 0.345. The number of para-hydroxylation sites is 1. The van der Waals surface area contributed by atoms with Crippen molar-refractivity contribution in [3.05, 3.63) is 87.5 Å². The van der Waals surface area contributed by atoms with Gasteiger partial charge in [0.2, 0.25) is 0 Å². The number of nitrogens with one attached hydrogen (secondary N) is 1. The molecule has 4 aromatic rings. The number of ether oxygens (including phenoxy) is 2. The van der Waals surface area contributed by atoms with E-state index in [-0.39, 0.29) is 25.2 Å².